The normalized spacial score (nSPS) is 16.1. The van der Waals surface area contributed by atoms with Crippen LogP contribution in [0.1, 0.15) is 43.8 Å². The lowest BCUT2D eigenvalue weighted by Gasteiger charge is -2.40. The lowest BCUT2D eigenvalue weighted by Crippen LogP contribution is -2.49. The van der Waals surface area contributed by atoms with Crippen molar-refractivity contribution in [2.24, 2.45) is 0 Å². The van der Waals surface area contributed by atoms with E-state index in [0.717, 1.165) is 35.2 Å². The third kappa shape index (κ3) is 4.43. The molecular weight excluding hydrogens is 445 g/mol. The SMILES string of the molecule is Cc1cccc2cc(C(c3nnnn3C(C)(C)C)N3CCN(c4ccc(F)cc4)CC3)c(=O)[nH]c12. The fourth-order valence-corrected chi connectivity index (χ4v) is 4.84. The summed E-state index contributed by atoms with van der Waals surface area (Å²) >= 11 is 0. The Hall–Kier alpha value is -3.59. The Kier molecular flexibility index (Phi) is 5.88. The Labute approximate surface area is 203 Å². The molecule has 5 rings (SSSR count). The van der Waals surface area contributed by atoms with E-state index in [-0.39, 0.29) is 16.9 Å². The number of aromatic nitrogens is 5. The number of pyridine rings is 1. The fraction of sp³-hybridized carbons (Fsp3) is 0.385. The van der Waals surface area contributed by atoms with E-state index in [9.17, 15) is 9.18 Å². The van der Waals surface area contributed by atoms with Crippen molar-refractivity contribution in [3.8, 4) is 0 Å². The number of para-hydroxylation sites is 1. The van der Waals surface area contributed by atoms with Crippen LogP contribution in [0, 0.1) is 12.7 Å². The third-order valence-corrected chi connectivity index (χ3v) is 6.66. The van der Waals surface area contributed by atoms with Crippen LogP contribution in [0.25, 0.3) is 10.9 Å². The van der Waals surface area contributed by atoms with Gasteiger partial charge in [0.25, 0.3) is 5.56 Å². The lowest BCUT2D eigenvalue weighted by atomic mass is 10.00. The zero-order valence-corrected chi connectivity index (χ0v) is 20.5. The molecule has 1 saturated heterocycles. The second-order valence-corrected chi connectivity index (χ2v) is 10.1. The monoisotopic (exact) mass is 475 g/mol. The molecule has 0 amide bonds. The number of rotatable bonds is 4. The average Bonchev–Trinajstić information content (AvgIpc) is 3.32. The minimum Gasteiger partial charge on any atom is -0.369 e. The molecule has 9 heteroatoms. The van der Waals surface area contributed by atoms with Crippen molar-refractivity contribution in [3.63, 3.8) is 0 Å². The van der Waals surface area contributed by atoms with Gasteiger partial charge >= 0.3 is 0 Å². The summed E-state index contributed by atoms with van der Waals surface area (Å²) in [7, 11) is 0. The van der Waals surface area contributed by atoms with Crippen LogP contribution in [0.15, 0.2) is 53.3 Å². The number of piperazine rings is 1. The highest BCUT2D eigenvalue weighted by molar-refractivity contribution is 5.82. The molecule has 182 valence electrons. The zero-order chi connectivity index (χ0) is 24.7. The highest BCUT2D eigenvalue weighted by atomic mass is 19.1. The van der Waals surface area contributed by atoms with Gasteiger partial charge in [-0.15, -0.1) is 5.10 Å². The minimum absolute atomic E-state index is 0.138. The number of nitrogens with one attached hydrogen (secondary N) is 1. The van der Waals surface area contributed by atoms with Crippen LogP contribution in [-0.4, -0.2) is 56.3 Å². The van der Waals surface area contributed by atoms with Crippen molar-refractivity contribution < 1.29 is 4.39 Å². The number of tetrazole rings is 1. The predicted molar refractivity (Wildman–Crippen MR) is 134 cm³/mol. The molecular formula is C26H30FN7O. The fourth-order valence-electron chi connectivity index (χ4n) is 4.84. The molecule has 1 N–H and O–H groups in total. The van der Waals surface area contributed by atoms with Crippen molar-refractivity contribution in [3.05, 3.63) is 81.7 Å². The van der Waals surface area contributed by atoms with E-state index in [1.807, 2.05) is 56.6 Å². The molecule has 0 saturated carbocycles. The number of aromatic amines is 1. The van der Waals surface area contributed by atoms with Crippen LogP contribution in [0.3, 0.4) is 0 Å². The zero-order valence-electron chi connectivity index (χ0n) is 20.5. The molecule has 0 radical (unpaired) electrons. The molecule has 0 aliphatic carbocycles. The van der Waals surface area contributed by atoms with Gasteiger partial charge < -0.3 is 9.88 Å². The molecule has 0 bridgehead atoms. The Balaban J connectivity index is 1.55. The van der Waals surface area contributed by atoms with Gasteiger partial charge in [-0.3, -0.25) is 9.69 Å². The van der Waals surface area contributed by atoms with E-state index >= 15 is 0 Å². The maximum Gasteiger partial charge on any atom is 0.253 e. The van der Waals surface area contributed by atoms with Gasteiger partial charge in [0.15, 0.2) is 5.82 Å². The molecule has 3 heterocycles. The summed E-state index contributed by atoms with van der Waals surface area (Å²) in [5, 5.41) is 13.6. The predicted octanol–water partition coefficient (Wildman–Crippen LogP) is 3.63. The highest BCUT2D eigenvalue weighted by Gasteiger charge is 2.35. The Bertz CT molecular complexity index is 1400. The number of anilines is 1. The van der Waals surface area contributed by atoms with E-state index in [1.165, 1.54) is 12.1 Å². The maximum absolute atomic E-state index is 13.4. The molecule has 0 spiro atoms. The summed E-state index contributed by atoms with van der Waals surface area (Å²) in [5.41, 5.74) is 2.99. The first-order valence-electron chi connectivity index (χ1n) is 11.9. The summed E-state index contributed by atoms with van der Waals surface area (Å²) < 4.78 is 15.2. The molecule has 1 atom stereocenters. The molecule has 2 aromatic carbocycles. The van der Waals surface area contributed by atoms with Crippen LogP contribution in [0.2, 0.25) is 0 Å². The highest BCUT2D eigenvalue weighted by Crippen LogP contribution is 2.31. The lowest BCUT2D eigenvalue weighted by molar-refractivity contribution is 0.190. The average molecular weight is 476 g/mol. The molecule has 4 aromatic rings. The smallest absolute Gasteiger partial charge is 0.253 e. The Morgan fingerprint density at radius 2 is 1.74 bits per heavy atom. The summed E-state index contributed by atoms with van der Waals surface area (Å²) in [6.07, 6.45) is 0. The van der Waals surface area contributed by atoms with Gasteiger partial charge in [0.05, 0.1) is 11.1 Å². The first-order valence-corrected chi connectivity index (χ1v) is 11.9. The molecule has 1 unspecified atom stereocenters. The van der Waals surface area contributed by atoms with Crippen LogP contribution < -0.4 is 10.5 Å². The topological polar surface area (TPSA) is 82.9 Å². The van der Waals surface area contributed by atoms with Gasteiger partial charge in [0.1, 0.15) is 11.9 Å². The van der Waals surface area contributed by atoms with E-state index in [0.29, 0.717) is 24.5 Å². The van der Waals surface area contributed by atoms with Gasteiger partial charge in [-0.05, 0) is 79.4 Å². The van der Waals surface area contributed by atoms with E-state index in [1.54, 1.807) is 12.1 Å². The first-order chi connectivity index (χ1) is 16.7. The molecule has 1 aliphatic heterocycles. The number of hydrogen-bond donors (Lipinski definition) is 1. The Morgan fingerprint density at radius 3 is 2.43 bits per heavy atom. The van der Waals surface area contributed by atoms with E-state index in [4.69, 9.17) is 0 Å². The maximum atomic E-state index is 13.4. The minimum atomic E-state index is -0.409. The summed E-state index contributed by atoms with van der Waals surface area (Å²) in [6, 6.07) is 14.1. The number of benzene rings is 2. The standard InChI is InChI=1S/C26H30FN7O/c1-17-6-5-7-18-16-21(25(35)28-22(17)18)23(24-29-30-31-34(24)26(2,3)4)33-14-12-32(13-15-33)20-10-8-19(27)9-11-20/h5-11,16,23H,12-15H2,1-4H3,(H,28,35). The molecule has 8 nitrogen and oxygen atoms in total. The van der Waals surface area contributed by atoms with Gasteiger partial charge in [0.2, 0.25) is 0 Å². The number of H-pyrrole nitrogens is 1. The van der Waals surface area contributed by atoms with Gasteiger partial charge in [-0.1, -0.05) is 18.2 Å². The Morgan fingerprint density at radius 1 is 1.03 bits per heavy atom. The van der Waals surface area contributed by atoms with Crippen molar-refractivity contribution in [2.75, 3.05) is 31.1 Å². The third-order valence-electron chi connectivity index (χ3n) is 6.66. The number of aryl methyl sites for hydroxylation is 1. The number of fused-ring (bicyclic) bond motifs is 1. The summed E-state index contributed by atoms with van der Waals surface area (Å²) in [6.45, 7) is 11.0. The second kappa shape index (κ2) is 8.88. The molecule has 1 aliphatic rings. The number of halogens is 1. The second-order valence-electron chi connectivity index (χ2n) is 10.1. The van der Waals surface area contributed by atoms with Crippen LogP contribution in [0.4, 0.5) is 10.1 Å². The van der Waals surface area contributed by atoms with E-state index < -0.39 is 6.04 Å². The van der Waals surface area contributed by atoms with Crippen LogP contribution >= 0.6 is 0 Å². The van der Waals surface area contributed by atoms with Crippen molar-refractivity contribution in [2.45, 2.75) is 39.3 Å². The van der Waals surface area contributed by atoms with Crippen LogP contribution in [-0.2, 0) is 5.54 Å². The number of hydrogen-bond acceptors (Lipinski definition) is 6. The van der Waals surface area contributed by atoms with Crippen molar-refractivity contribution in [1.29, 1.82) is 0 Å². The van der Waals surface area contributed by atoms with Gasteiger partial charge in [0, 0.05) is 37.4 Å². The summed E-state index contributed by atoms with van der Waals surface area (Å²) in [4.78, 5) is 21.0. The molecule has 2 aromatic heterocycles. The number of nitrogens with zero attached hydrogens (tertiary/aromatic N) is 6. The van der Waals surface area contributed by atoms with E-state index in [2.05, 4.69) is 30.3 Å². The van der Waals surface area contributed by atoms with Crippen molar-refractivity contribution in [1.82, 2.24) is 30.1 Å². The molecule has 35 heavy (non-hydrogen) atoms. The largest absolute Gasteiger partial charge is 0.369 e. The van der Waals surface area contributed by atoms with Gasteiger partial charge in [-0.2, -0.15) is 0 Å². The van der Waals surface area contributed by atoms with Gasteiger partial charge in [-0.25, -0.2) is 9.07 Å². The molecule has 1 fully saturated rings. The first kappa shape index (κ1) is 23.2. The van der Waals surface area contributed by atoms with Crippen molar-refractivity contribution >= 4 is 16.6 Å². The quantitative estimate of drug-likeness (QED) is 0.485. The summed E-state index contributed by atoms with van der Waals surface area (Å²) in [5.74, 6) is 0.400. The van der Waals surface area contributed by atoms with Crippen LogP contribution in [0.5, 0.6) is 0 Å².